The Morgan fingerprint density at radius 2 is 2.05 bits per heavy atom. The first-order valence-electron chi connectivity index (χ1n) is 6.44. The summed E-state index contributed by atoms with van der Waals surface area (Å²) in [5, 5.41) is 10.3. The normalized spacial score (nSPS) is 18.5. The number of nitrogens with zero attached hydrogens (tertiary/aromatic N) is 3. The Balaban J connectivity index is 1.85. The van der Waals surface area contributed by atoms with Crippen molar-refractivity contribution in [2.24, 2.45) is 0 Å². The van der Waals surface area contributed by atoms with Gasteiger partial charge in [0.25, 0.3) is 0 Å². The molecule has 2 heterocycles. The van der Waals surface area contributed by atoms with Crippen molar-refractivity contribution in [3.05, 3.63) is 58.5 Å². The molecule has 108 valence electrons. The van der Waals surface area contributed by atoms with Crippen LogP contribution in [0.4, 0.5) is 10.3 Å². The summed E-state index contributed by atoms with van der Waals surface area (Å²) in [4.78, 5) is 22.9. The molecule has 21 heavy (non-hydrogen) atoms. The number of rotatable bonds is 2. The molecular weight excluding hydrogens is 275 g/mol. The molecule has 1 aliphatic heterocycles. The lowest BCUT2D eigenvalue weighted by Crippen LogP contribution is -2.39. The standard InChI is InChI=1S/C14H13FN4O2/c15-10-3-1-9(2-4-10)11-5-6-19(7-12(11)20)13-16-8-17-14(21)18-13/h1-5,8,12,20H,6-7H2,(H,16,17,18,21). The Bertz CT molecular complexity index is 726. The molecule has 0 aliphatic carbocycles. The fraction of sp³-hybridized carbons (Fsp3) is 0.214. The van der Waals surface area contributed by atoms with Crippen LogP contribution < -0.4 is 10.6 Å². The second-order valence-corrected chi connectivity index (χ2v) is 4.71. The Labute approximate surface area is 119 Å². The van der Waals surface area contributed by atoms with Crippen LogP contribution in [0.2, 0.25) is 0 Å². The zero-order chi connectivity index (χ0) is 14.8. The minimum absolute atomic E-state index is 0.288. The van der Waals surface area contributed by atoms with Crippen molar-refractivity contribution < 1.29 is 9.50 Å². The minimum atomic E-state index is -0.748. The summed E-state index contributed by atoms with van der Waals surface area (Å²) < 4.78 is 12.9. The lowest BCUT2D eigenvalue weighted by atomic mass is 9.97. The summed E-state index contributed by atoms with van der Waals surface area (Å²) in [5.41, 5.74) is 1.03. The van der Waals surface area contributed by atoms with Crippen LogP contribution in [0.1, 0.15) is 5.56 Å². The first kappa shape index (κ1) is 13.4. The highest BCUT2D eigenvalue weighted by Gasteiger charge is 2.23. The van der Waals surface area contributed by atoms with Crippen LogP contribution in [0, 0.1) is 5.82 Å². The molecule has 1 unspecified atom stereocenters. The lowest BCUT2D eigenvalue weighted by molar-refractivity contribution is 0.233. The van der Waals surface area contributed by atoms with Gasteiger partial charge in [-0.15, -0.1) is 0 Å². The molecule has 0 amide bonds. The second-order valence-electron chi connectivity index (χ2n) is 4.71. The maximum Gasteiger partial charge on any atom is 0.349 e. The van der Waals surface area contributed by atoms with E-state index in [1.54, 1.807) is 17.0 Å². The van der Waals surface area contributed by atoms with Crippen LogP contribution >= 0.6 is 0 Å². The molecule has 0 saturated carbocycles. The molecule has 1 aromatic carbocycles. The van der Waals surface area contributed by atoms with E-state index in [1.807, 2.05) is 6.08 Å². The van der Waals surface area contributed by atoms with Crippen molar-refractivity contribution in [3.8, 4) is 0 Å². The molecule has 1 aromatic heterocycles. The highest BCUT2D eigenvalue weighted by Crippen LogP contribution is 2.24. The van der Waals surface area contributed by atoms with E-state index < -0.39 is 11.8 Å². The number of H-pyrrole nitrogens is 1. The first-order valence-corrected chi connectivity index (χ1v) is 6.44. The van der Waals surface area contributed by atoms with Crippen molar-refractivity contribution in [2.45, 2.75) is 6.10 Å². The number of aliphatic hydroxyl groups is 1. The van der Waals surface area contributed by atoms with Crippen LogP contribution in [0.5, 0.6) is 0 Å². The molecule has 1 aliphatic rings. The molecule has 1 atom stereocenters. The average Bonchev–Trinajstić information content (AvgIpc) is 2.48. The average molecular weight is 288 g/mol. The molecule has 6 nitrogen and oxygen atoms in total. The SMILES string of the molecule is O=c1ncnc(N2CC=C(c3ccc(F)cc3)C(O)C2)[nH]1. The van der Waals surface area contributed by atoms with E-state index in [9.17, 15) is 14.3 Å². The summed E-state index contributed by atoms with van der Waals surface area (Å²) in [6.45, 7) is 0.771. The van der Waals surface area contributed by atoms with E-state index in [1.165, 1.54) is 18.5 Å². The van der Waals surface area contributed by atoms with Crippen molar-refractivity contribution in [3.63, 3.8) is 0 Å². The summed E-state index contributed by atoms with van der Waals surface area (Å²) in [6.07, 6.45) is 2.27. The fourth-order valence-electron chi connectivity index (χ4n) is 2.31. The Hall–Kier alpha value is -2.54. The van der Waals surface area contributed by atoms with Crippen molar-refractivity contribution in [1.82, 2.24) is 15.0 Å². The number of β-amino-alcohol motifs (C(OH)–C–C–N with tert-alkyl or cyclic N) is 1. The Morgan fingerprint density at radius 3 is 2.71 bits per heavy atom. The summed E-state index contributed by atoms with van der Waals surface area (Å²) in [6, 6.07) is 5.98. The van der Waals surface area contributed by atoms with Gasteiger partial charge in [0.15, 0.2) is 0 Å². The molecule has 0 bridgehead atoms. The summed E-state index contributed by atoms with van der Waals surface area (Å²) in [7, 11) is 0. The zero-order valence-electron chi connectivity index (χ0n) is 11.0. The smallest absolute Gasteiger partial charge is 0.349 e. The van der Waals surface area contributed by atoms with E-state index in [0.29, 0.717) is 12.5 Å². The van der Waals surface area contributed by atoms with Gasteiger partial charge >= 0.3 is 5.69 Å². The largest absolute Gasteiger partial charge is 0.387 e. The number of nitrogens with one attached hydrogen (secondary N) is 1. The van der Waals surface area contributed by atoms with Crippen LogP contribution in [-0.2, 0) is 0 Å². The van der Waals surface area contributed by atoms with Gasteiger partial charge in [-0.25, -0.2) is 14.2 Å². The van der Waals surface area contributed by atoms with Crippen molar-refractivity contribution >= 4 is 11.5 Å². The fourth-order valence-corrected chi connectivity index (χ4v) is 2.31. The van der Waals surface area contributed by atoms with Gasteiger partial charge in [0.05, 0.1) is 12.6 Å². The number of hydrogen-bond acceptors (Lipinski definition) is 5. The molecular formula is C14H13FN4O2. The van der Waals surface area contributed by atoms with Gasteiger partial charge in [0.2, 0.25) is 5.95 Å². The quantitative estimate of drug-likeness (QED) is 0.844. The lowest BCUT2D eigenvalue weighted by Gasteiger charge is -2.30. The van der Waals surface area contributed by atoms with Crippen molar-refractivity contribution in [1.29, 1.82) is 0 Å². The van der Waals surface area contributed by atoms with Gasteiger partial charge in [-0.05, 0) is 23.3 Å². The molecule has 0 saturated heterocycles. The first-order chi connectivity index (χ1) is 10.1. The minimum Gasteiger partial charge on any atom is -0.387 e. The highest BCUT2D eigenvalue weighted by atomic mass is 19.1. The highest BCUT2D eigenvalue weighted by molar-refractivity contribution is 5.71. The number of hydrogen-bond donors (Lipinski definition) is 2. The van der Waals surface area contributed by atoms with E-state index >= 15 is 0 Å². The third kappa shape index (κ3) is 2.82. The van der Waals surface area contributed by atoms with Crippen LogP contribution in [0.25, 0.3) is 5.57 Å². The van der Waals surface area contributed by atoms with E-state index in [-0.39, 0.29) is 12.4 Å². The second kappa shape index (κ2) is 5.45. The Morgan fingerprint density at radius 1 is 1.29 bits per heavy atom. The molecule has 0 spiro atoms. The van der Waals surface area contributed by atoms with Gasteiger partial charge in [0.1, 0.15) is 12.1 Å². The molecule has 0 radical (unpaired) electrons. The Kier molecular flexibility index (Phi) is 3.49. The topological polar surface area (TPSA) is 82.1 Å². The number of aromatic nitrogens is 3. The van der Waals surface area contributed by atoms with Gasteiger partial charge in [-0.1, -0.05) is 18.2 Å². The van der Waals surface area contributed by atoms with Crippen molar-refractivity contribution in [2.75, 3.05) is 18.0 Å². The van der Waals surface area contributed by atoms with Gasteiger partial charge in [-0.2, -0.15) is 4.98 Å². The van der Waals surface area contributed by atoms with E-state index in [0.717, 1.165) is 11.1 Å². The molecule has 2 aromatic rings. The number of anilines is 1. The number of halogens is 1. The number of aromatic amines is 1. The van der Waals surface area contributed by atoms with E-state index in [2.05, 4.69) is 15.0 Å². The molecule has 3 rings (SSSR count). The predicted octanol–water partition coefficient (Wildman–Crippen LogP) is 0.569. The number of aliphatic hydroxyl groups excluding tert-OH is 1. The van der Waals surface area contributed by atoms with Crippen LogP contribution in [0.3, 0.4) is 0 Å². The zero-order valence-corrected chi connectivity index (χ0v) is 11.0. The van der Waals surface area contributed by atoms with Gasteiger partial charge in [-0.3, -0.25) is 4.98 Å². The molecule has 2 N–H and O–H groups in total. The van der Waals surface area contributed by atoms with Crippen LogP contribution in [0.15, 0.2) is 41.5 Å². The van der Waals surface area contributed by atoms with Gasteiger partial charge < -0.3 is 10.0 Å². The van der Waals surface area contributed by atoms with E-state index in [4.69, 9.17) is 0 Å². The summed E-state index contributed by atoms with van der Waals surface area (Å²) >= 11 is 0. The molecule has 0 fully saturated rings. The van der Waals surface area contributed by atoms with Crippen LogP contribution in [-0.4, -0.2) is 39.3 Å². The monoisotopic (exact) mass is 288 g/mol. The summed E-state index contributed by atoms with van der Waals surface area (Å²) in [5.74, 6) is 0.0493. The maximum absolute atomic E-state index is 12.9. The predicted molar refractivity (Wildman–Crippen MR) is 75.2 cm³/mol. The number of benzene rings is 1. The van der Waals surface area contributed by atoms with Gasteiger partial charge in [0, 0.05) is 6.54 Å². The molecule has 7 heteroatoms. The third-order valence-electron chi connectivity index (χ3n) is 3.33. The maximum atomic E-state index is 12.9. The third-order valence-corrected chi connectivity index (χ3v) is 3.33.